The number of hydrogen-bond donors (Lipinski definition) is 3. The van der Waals surface area contributed by atoms with E-state index in [1.165, 1.54) is 6.42 Å². The van der Waals surface area contributed by atoms with E-state index in [-0.39, 0.29) is 24.3 Å². The van der Waals surface area contributed by atoms with Gasteiger partial charge in [0, 0.05) is 56.9 Å². The number of benzene rings is 2. The van der Waals surface area contributed by atoms with Crippen molar-refractivity contribution < 1.29 is 0 Å². The van der Waals surface area contributed by atoms with E-state index in [0.717, 1.165) is 88.1 Å². The average molecular weight is 729 g/mol. The Hall–Kier alpha value is -5.30. The summed E-state index contributed by atoms with van der Waals surface area (Å²) in [7, 11) is 0. The molecule has 2 aromatic carbocycles. The van der Waals surface area contributed by atoms with Crippen LogP contribution in [0.15, 0.2) is 54.6 Å². The van der Waals surface area contributed by atoms with Gasteiger partial charge in [0.05, 0.1) is 24.3 Å². The van der Waals surface area contributed by atoms with Gasteiger partial charge in [-0.15, -0.1) is 61.2 Å². The molecule has 4 fully saturated rings. The first-order valence-corrected chi connectivity index (χ1v) is 19.1. The van der Waals surface area contributed by atoms with E-state index in [4.69, 9.17) is 10.2 Å². The molecule has 54 heavy (non-hydrogen) atoms. The van der Waals surface area contributed by atoms with Crippen molar-refractivity contribution in [3.8, 4) is 22.8 Å². The van der Waals surface area contributed by atoms with Gasteiger partial charge in [-0.25, -0.2) is 0 Å². The lowest BCUT2D eigenvalue weighted by Crippen LogP contribution is -2.62. The van der Waals surface area contributed by atoms with Crippen molar-refractivity contribution in [1.29, 1.82) is 0 Å². The molecule has 3 N–H and O–H groups in total. The van der Waals surface area contributed by atoms with Crippen LogP contribution in [-0.2, 0) is 0 Å². The van der Waals surface area contributed by atoms with E-state index >= 15 is 0 Å². The third-order valence-corrected chi connectivity index (χ3v) is 10.8. The Morgan fingerprint density at radius 2 is 1.26 bits per heavy atom. The summed E-state index contributed by atoms with van der Waals surface area (Å²) in [5.41, 5.74) is 2.78. The number of nitrogens with one attached hydrogen (secondary N) is 3. The van der Waals surface area contributed by atoms with E-state index in [1.54, 1.807) is 0 Å². The predicted octanol–water partition coefficient (Wildman–Crippen LogP) is 1.69. The molecule has 0 amide bonds. The van der Waals surface area contributed by atoms with Gasteiger partial charge in [0.15, 0.2) is 11.6 Å². The fraction of sp³-hybridized carbons (Fsp3) is 0.500. The maximum Gasteiger partial charge on any atom is 0.266 e. The fourth-order valence-electron chi connectivity index (χ4n) is 7.92. The molecule has 0 spiro atoms. The summed E-state index contributed by atoms with van der Waals surface area (Å²) in [5, 5.41) is 65.4. The summed E-state index contributed by atoms with van der Waals surface area (Å²) < 4.78 is 0. The first-order chi connectivity index (χ1) is 26.8. The topological polar surface area (TPSA) is 200 Å². The van der Waals surface area contributed by atoms with Crippen LogP contribution in [0, 0.1) is 0 Å². The highest BCUT2D eigenvalue weighted by atomic mass is 15.5. The highest BCUT2D eigenvalue weighted by Gasteiger charge is 2.40. The molecule has 4 aliphatic rings. The predicted molar refractivity (Wildman–Crippen MR) is 199 cm³/mol. The Balaban J connectivity index is 0.988. The van der Waals surface area contributed by atoms with Crippen LogP contribution in [0.4, 0.5) is 11.9 Å². The summed E-state index contributed by atoms with van der Waals surface area (Å²) in [6.07, 6.45) is 6.25. The van der Waals surface area contributed by atoms with Gasteiger partial charge in [-0.2, -0.15) is 0 Å². The van der Waals surface area contributed by atoms with Crippen LogP contribution in [0.2, 0.25) is 0 Å². The Morgan fingerprint density at radius 1 is 0.556 bits per heavy atom. The maximum atomic E-state index is 4.70. The molecule has 3 aromatic heterocycles. The van der Waals surface area contributed by atoms with Gasteiger partial charge in [-0.1, -0.05) is 61.4 Å². The number of piperazine rings is 2. The van der Waals surface area contributed by atoms with Crippen molar-refractivity contribution in [3.63, 3.8) is 0 Å². The Bertz CT molecular complexity index is 1950. The molecule has 18 heteroatoms. The average Bonchev–Trinajstić information content (AvgIpc) is 3.27. The lowest BCUT2D eigenvalue weighted by molar-refractivity contribution is 0.0707. The van der Waals surface area contributed by atoms with Gasteiger partial charge in [0.1, 0.15) is 0 Å². The zero-order valence-corrected chi connectivity index (χ0v) is 30.1. The first kappa shape index (κ1) is 34.5. The number of nitrogens with zero attached hydrogens (tertiary/aromatic N) is 15. The highest BCUT2D eigenvalue weighted by molar-refractivity contribution is 5.58. The molecule has 0 saturated carbocycles. The lowest BCUT2D eigenvalue weighted by atomic mass is 9.97. The number of anilines is 2. The monoisotopic (exact) mass is 728 g/mol. The van der Waals surface area contributed by atoms with Crippen LogP contribution in [0.3, 0.4) is 0 Å². The van der Waals surface area contributed by atoms with Gasteiger partial charge >= 0.3 is 0 Å². The minimum absolute atomic E-state index is 0.0571. The quantitative estimate of drug-likeness (QED) is 0.208. The minimum atomic E-state index is -0.117. The molecular formula is C36H44N18. The van der Waals surface area contributed by atoms with Crippen LogP contribution in [0.25, 0.3) is 22.8 Å². The number of piperidine rings is 2. The highest BCUT2D eigenvalue weighted by Crippen LogP contribution is 2.35. The van der Waals surface area contributed by atoms with E-state index in [0.29, 0.717) is 48.3 Å². The Labute approximate surface area is 313 Å². The molecular weight excluding hydrogens is 685 g/mol. The van der Waals surface area contributed by atoms with Crippen molar-refractivity contribution in [2.24, 2.45) is 0 Å². The van der Waals surface area contributed by atoms with Crippen LogP contribution >= 0.6 is 0 Å². The van der Waals surface area contributed by atoms with Crippen LogP contribution in [0.5, 0.6) is 0 Å². The minimum Gasteiger partial charge on any atom is -0.336 e. The van der Waals surface area contributed by atoms with Crippen LogP contribution < -0.4 is 25.8 Å². The van der Waals surface area contributed by atoms with E-state index < -0.39 is 0 Å². The summed E-state index contributed by atoms with van der Waals surface area (Å²) in [5.74, 6) is 3.30. The fourth-order valence-corrected chi connectivity index (χ4v) is 7.92. The standard InChI is InChI=1S/C36H44N18/c1-2-9-24(10-3-1)31-40-42-32(43-41-31)26-12-8-11-25(21-26)28-23-54(36-50-48-35(49-51-36)52-19-16-37-17-20-52)30(22-39-28)53-18-7-5-14-29(53)34-46-44-33(45-47-34)27-13-4-6-15-38-27/h1-3,8-12,21,27-30,37-39H,4-7,13-20,22-23H2. The molecule has 4 atom stereocenters. The molecule has 9 rings (SSSR count). The summed E-state index contributed by atoms with van der Waals surface area (Å²) in [4.78, 5) is 6.79. The number of hydrogen-bond acceptors (Lipinski definition) is 18. The second-order valence-corrected chi connectivity index (χ2v) is 14.2. The molecule has 0 aliphatic carbocycles. The molecule has 4 saturated heterocycles. The smallest absolute Gasteiger partial charge is 0.266 e. The van der Waals surface area contributed by atoms with E-state index in [1.807, 2.05) is 42.5 Å². The first-order valence-electron chi connectivity index (χ1n) is 19.1. The SMILES string of the molecule is c1ccc(-c2nnc(-c3cccc(C4CN(c5nnc(N6CCNCC6)nn5)C(N5CCCCC5c5nnc(C6CCCCN6)nn5)CN4)c3)nn2)cc1. The Kier molecular flexibility index (Phi) is 10.2. The molecule has 5 aromatic rings. The zero-order chi connectivity index (χ0) is 36.1. The molecule has 0 bridgehead atoms. The number of rotatable bonds is 8. The van der Waals surface area contributed by atoms with Crippen molar-refractivity contribution in [2.75, 3.05) is 62.2 Å². The van der Waals surface area contributed by atoms with Gasteiger partial charge in [-0.05, 0) is 43.9 Å². The third-order valence-electron chi connectivity index (χ3n) is 10.8. The van der Waals surface area contributed by atoms with Crippen molar-refractivity contribution in [1.82, 2.24) is 82.0 Å². The zero-order valence-electron chi connectivity index (χ0n) is 30.1. The van der Waals surface area contributed by atoms with Crippen LogP contribution in [0.1, 0.15) is 73.9 Å². The maximum absolute atomic E-state index is 4.70. The summed E-state index contributed by atoms with van der Waals surface area (Å²) >= 11 is 0. The van der Waals surface area contributed by atoms with Crippen LogP contribution in [-0.4, -0.2) is 125 Å². The molecule has 7 heterocycles. The van der Waals surface area contributed by atoms with Gasteiger partial charge in [0.25, 0.3) is 11.9 Å². The van der Waals surface area contributed by atoms with Crippen molar-refractivity contribution in [3.05, 3.63) is 71.8 Å². The number of aromatic nitrogens is 12. The second kappa shape index (κ2) is 16.0. The summed E-state index contributed by atoms with van der Waals surface area (Å²) in [6, 6.07) is 17.9. The number of likely N-dealkylation sites (tertiary alicyclic amines) is 1. The van der Waals surface area contributed by atoms with Crippen molar-refractivity contribution >= 4 is 11.9 Å². The largest absolute Gasteiger partial charge is 0.336 e. The van der Waals surface area contributed by atoms with E-state index in [2.05, 4.69) is 93.8 Å². The van der Waals surface area contributed by atoms with Gasteiger partial charge in [-0.3, -0.25) is 4.90 Å². The molecule has 18 nitrogen and oxygen atoms in total. The van der Waals surface area contributed by atoms with E-state index in [9.17, 15) is 0 Å². The van der Waals surface area contributed by atoms with Gasteiger partial charge < -0.3 is 25.8 Å². The third kappa shape index (κ3) is 7.41. The molecule has 0 radical (unpaired) electrons. The molecule has 4 unspecified atom stereocenters. The Morgan fingerprint density at radius 3 is 2.02 bits per heavy atom. The van der Waals surface area contributed by atoms with Gasteiger partial charge in [0.2, 0.25) is 11.6 Å². The summed E-state index contributed by atoms with van der Waals surface area (Å²) in [6.45, 7) is 6.41. The van der Waals surface area contributed by atoms with Crippen molar-refractivity contribution in [2.45, 2.75) is 62.8 Å². The molecule has 4 aliphatic heterocycles. The lowest BCUT2D eigenvalue weighted by Gasteiger charge is -2.48. The molecule has 278 valence electrons. The second-order valence-electron chi connectivity index (χ2n) is 14.2. The normalized spacial score (nSPS) is 24.0.